The van der Waals surface area contributed by atoms with Crippen LogP contribution in [0.5, 0.6) is 0 Å². The summed E-state index contributed by atoms with van der Waals surface area (Å²) in [5.41, 5.74) is -0.0325. The summed E-state index contributed by atoms with van der Waals surface area (Å²) in [6.45, 7) is 10.0. The third-order valence-corrected chi connectivity index (χ3v) is 2.58. The fourth-order valence-electron chi connectivity index (χ4n) is 1.86. The molecule has 1 aliphatic heterocycles. The smallest absolute Gasteiger partial charge is 0.0752 e. The fourth-order valence-corrected chi connectivity index (χ4v) is 1.86. The van der Waals surface area contributed by atoms with Crippen LogP contribution in [-0.2, 0) is 4.74 Å². The summed E-state index contributed by atoms with van der Waals surface area (Å²) in [5, 5.41) is 9.23. The lowest BCUT2D eigenvalue weighted by Crippen LogP contribution is -2.39. The van der Waals surface area contributed by atoms with E-state index >= 15 is 0 Å². The molecule has 1 saturated heterocycles. The van der Waals surface area contributed by atoms with Gasteiger partial charge in [0, 0.05) is 26.2 Å². The zero-order valence-electron chi connectivity index (χ0n) is 9.62. The van der Waals surface area contributed by atoms with Crippen molar-refractivity contribution in [3.05, 3.63) is 0 Å². The molecule has 0 aromatic rings. The van der Waals surface area contributed by atoms with Gasteiger partial charge in [-0.25, -0.2) is 0 Å². The van der Waals surface area contributed by atoms with E-state index in [1.807, 2.05) is 6.92 Å². The van der Waals surface area contributed by atoms with Crippen LogP contribution in [0.2, 0.25) is 0 Å². The molecule has 84 valence electrons. The van der Waals surface area contributed by atoms with Gasteiger partial charge in [-0.2, -0.15) is 0 Å². The van der Waals surface area contributed by atoms with Gasteiger partial charge in [0.15, 0.2) is 0 Å². The molecule has 1 unspecified atom stereocenters. The van der Waals surface area contributed by atoms with Crippen molar-refractivity contribution in [2.24, 2.45) is 0 Å². The molecule has 1 atom stereocenters. The number of aliphatic hydroxyl groups is 1. The Bertz CT molecular complexity index is 169. The molecule has 0 aromatic heterocycles. The number of nitrogens with zero attached hydrogens (tertiary/aromatic N) is 1. The van der Waals surface area contributed by atoms with Crippen molar-refractivity contribution in [1.29, 1.82) is 0 Å². The summed E-state index contributed by atoms with van der Waals surface area (Å²) in [7, 11) is 0. The van der Waals surface area contributed by atoms with Crippen LogP contribution in [-0.4, -0.2) is 48.0 Å². The van der Waals surface area contributed by atoms with Crippen molar-refractivity contribution in [2.75, 3.05) is 26.2 Å². The van der Waals surface area contributed by atoms with E-state index in [9.17, 15) is 5.11 Å². The van der Waals surface area contributed by atoms with E-state index < -0.39 is 0 Å². The first-order chi connectivity index (χ1) is 6.49. The predicted octanol–water partition coefficient (Wildman–Crippen LogP) is 1.26. The third kappa shape index (κ3) is 4.40. The first-order valence-electron chi connectivity index (χ1n) is 5.54. The lowest BCUT2D eigenvalue weighted by Gasteiger charge is -2.29. The van der Waals surface area contributed by atoms with Gasteiger partial charge < -0.3 is 14.7 Å². The zero-order chi connectivity index (χ0) is 10.6. The molecule has 1 rings (SSSR count). The second kappa shape index (κ2) is 5.10. The number of hydrogen-bond donors (Lipinski definition) is 1. The first kappa shape index (κ1) is 12.0. The molecule has 14 heavy (non-hydrogen) atoms. The molecule has 0 radical (unpaired) electrons. The highest BCUT2D eigenvalue weighted by Gasteiger charge is 2.24. The highest BCUT2D eigenvalue weighted by molar-refractivity contribution is 4.77. The van der Waals surface area contributed by atoms with Gasteiger partial charge in [-0.1, -0.05) is 0 Å². The van der Waals surface area contributed by atoms with E-state index in [2.05, 4.69) is 18.7 Å². The van der Waals surface area contributed by atoms with Gasteiger partial charge in [0.2, 0.25) is 0 Å². The Kier molecular flexibility index (Phi) is 4.35. The van der Waals surface area contributed by atoms with Crippen LogP contribution in [0, 0.1) is 0 Å². The molecule has 3 heteroatoms. The van der Waals surface area contributed by atoms with E-state index in [0.29, 0.717) is 0 Å². The minimum Gasteiger partial charge on any atom is -0.393 e. The van der Waals surface area contributed by atoms with Crippen molar-refractivity contribution < 1.29 is 9.84 Å². The van der Waals surface area contributed by atoms with Crippen LogP contribution in [0.15, 0.2) is 0 Å². The Morgan fingerprint density at radius 3 is 2.86 bits per heavy atom. The summed E-state index contributed by atoms with van der Waals surface area (Å²) >= 11 is 0. The molecule has 0 aromatic carbocycles. The average molecular weight is 201 g/mol. The normalized spacial score (nSPS) is 25.7. The molecule has 1 heterocycles. The van der Waals surface area contributed by atoms with E-state index in [0.717, 1.165) is 39.1 Å². The third-order valence-electron chi connectivity index (χ3n) is 2.58. The van der Waals surface area contributed by atoms with Crippen LogP contribution in [0.25, 0.3) is 0 Å². The van der Waals surface area contributed by atoms with Crippen LogP contribution >= 0.6 is 0 Å². The van der Waals surface area contributed by atoms with Crippen molar-refractivity contribution in [3.63, 3.8) is 0 Å². The largest absolute Gasteiger partial charge is 0.393 e. The fraction of sp³-hybridized carbons (Fsp3) is 1.00. The van der Waals surface area contributed by atoms with Crippen molar-refractivity contribution in [2.45, 2.75) is 45.3 Å². The summed E-state index contributed by atoms with van der Waals surface area (Å²) in [6, 6.07) is 0. The minimum atomic E-state index is -0.192. The van der Waals surface area contributed by atoms with E-state index in [1.165, 1.54) is 0 Å². The first-order valence-corrected chi connectivity index (χ1v) is 5.54. The highest BCUT2D eigenvalue weighted by atomic mass is 16.5. The molecule has 0 saturated carbocycles. The van der Waals surface area contributed by atoms with Crippen molar-refractivity contribution in [3.8, 4) is 0 Å². The lowest BCUT2D eigenvalue weighted by atomic mass is 10.1. The Morgan fingerprint density at radius 2 is 2.21 bits per heavy atom. The molecule has 0 amide bonds. The SMILES string of the molecule is CC(O)CCN1CCCOC(C)(C)C1. The van der Waals surface area contributed by atoms with Crippen LogP contribution < -0.4 is 0 Å². The number of rotatable bonds is 3. The molecule has 0 bridgehead atoms. The van der Waals surface area contributed by atoms with Crippen LogP contribution in [0.4, 0.5) is 0 Å². The summed E-state index contributed by atoms with van der Waals surface area (Å²) in [6.07, 6.45) is 1.77. The Balaban J connectivity index is 2.36. The van der Waals surface area contributed by atoms with Crippen LogP contribution in [0.3, 0.4) is 0 Å². The standard InChI is InChI=1S/C11H23NO2/c1-10(13)5-7-12-6-4-8-14-11(2,3)9-12/h10,13H,4-9H2,1-3H3. The van der Waals surface area contributed by atoms with E-state index in [1.54, 1.807) is 0 Å². The molecule has 1 aliphatic rings. The molecule has 0 aliphatic carbocycles. The van der Waals surface area contributed by atoms with Gasteiger partial charge in [0.25, 0.3) is 0 Å². The topological polar surface area (TPSA) is 32.7 Å². The average Bonchev–Trinajstić information content (AvgIpc) is 2.22. The van der Waals surface area contributed by atoms with Gasteiger partial charge in [0.1, 0.15) is 0 Å². The molecule has 1 fully saturated rings. The summed E-state index contributed by atoms with van der Waals surface area (Å²) in [4.78, 5) is 2.39. The number of hydrogen-bond acceptors (Lipinski definition) is 3. The van der Waals surface area contributed by atoms with E-state index in [-0.39, 0.29) is 11.7 Å². The molecule has 3 nitrogen and oxygen atoms in total. The Morgan fingerprint density at radius 1 is 1.50 bits per heavy atom. The second-order valence-corrected chi connectivity index (χ2v) is 4.88. The minimum absolute atomic E-state index is 0.0325. The van der Waals surface area contributed by atoms with Crippen LogP contribution in [0.1, 0.15) is 33.6 Å². The molecule has 1 N–H and O–H groups in total. The van der Waals surface area contributed by atoms with Gasteiger partial charge in [-0.3, -0.25) is 0 Å². The molecular weight excluding hydrogens is 178 g/mol. The van der Waals surface area contributed by atoms with Gasteiger partial charge >= 0.3 is 0 Å². The summed E-state index contributed by atoms with van der Waals surface area (Å²) in [5.74, 6) is 0. The number of ether oxygens (including phenoxy) is 1. The Labute approximate surface area is 87.1 Å². The van der Waals surface area contributed by atoms with Gasteiger partial charge in [-0.15, -0.1) is 0 Å². The summed E-state index contributed by atoms with van der Waals surface area (Å²) < 4.78 is 5.72. The van der Waals surface area contributed by atoms with Crippen molar-refractivity contribution >= 4 is 0 Å². The lowest BCUT2D eigenvalue weighted by molar-refractivity contribution is -0.0182. The maximum Gasteiger partial charge on any atom is 0.0752 e. The predicted molar refractivity (Wildman–Crippen MR) is 57.4 cm³/mol. The number of aliphatic hydroxyl groups excluding tert-OH is 1. The second-order valence-electron chi connectivity index (χ2n) is 4.88. The molecule has 0 spiro atoms. The van der Waals surface area contributed by atoms with Crippen molar-refractivity contribution in [1.82, 2.24) is 4.90 Å². The maximum absolute atomic E-state index is 9.23. The van der Waals surface area contributed by atoms with Gasteiger partial charge in [0.05, 0.1) is 11.7 Å². The van der Waals surface area contributed by atoms with Gasteiger partial charge in [-0.05, 0) is 33.6 Å². The Hall–Kier alpha value is -0.120. The quantitative estimate of drug-likeness (QED) is 0.746. The zero-order valence-corrected chi connectivity index (χ0v) is 9.62. The van der Waals surface area contributed by atoms with E-state index in [4.69, 9.17) is 4.74 Å². The molecular formula is C11H23NO2. The highest BCUT2D eigenvalue weighted by Crippen LogP contribution is 2.16. The monoisotopic (exact) mass is 201 g/mol. The maximum atomic E-state index is 9.23.